The van der Waals surface area contributed by atoms with Gasteiger partial charge in [-0.15, -0.1) is 0 Å². The number of nitriles is 1. The van der Waals surface area contributed by atoms with E-state index in [1.165, 1.54) is 5.70 Å². The molecule has 6 heteroatoms. The smallest absolute Gasteiger partial charge is 0.263 e. The Bertz CT molecular complexity index is 531. The molecule has 1 fully saturated rings. The number of hydrogen-bond donors (Lipinski definition) is 1. The van der Waals surface area contributed by atoms with Gasteiger partial charge >= 0.3 is 0 Å². The summed E-state index contributed by atoms with van der Waals surface area (Å²) in [6.07, 6.45) is 6.45. The van der Waals surface area contributed by atoms with E-state index in [2.05, 4.69) is 40.3 Å². The molecule has 1 atom stereocenters. The summed E-state index contributed by atoms with van der Waals surface area (Å²) in [5.74, 6) is 3.83. The molecule has 0 radical (unpaired) electrons. The molecule has 3 rings (SSSR count). The first-order valence-electron chi connectivity index (χ1n) is 6.78. The Labute approximate surface area is 122 Å². The van der Waals surface area contributed by atoms with Gasteiger partial charge in [-0.2, -0.15) is 0 Å². The van der Waals surface area contributed by atoms with Crippen molar-refractivity contribution in [1.82, 2.24) is 10.4 Å². The second kappa shape index (κ2) is 5.14. The predicted molar refractivity (Wildman–Crippen MR) is 80.7 cm³/mol. The van der Waals surface area contributed by atoms with Gasteiger partial charge in [-0.05, 0) is 25.3 Å². The first-order valence-corrected chi connectivity index (χ1v) is 7.57. The molecule has 0 amide bonds. The lowest BCUT2D eigenvalue weighted by atomic mass is 9.40. The number of rotatable bonds is 1. The fraction of sp³-hybridized carbons (Fsp3) is 0.538. The molecular formula is C13H16BBrN4. The van der Waals surface area contributed by atoms with Crippen LogP contribution in [-0.4, -0.2) is 24.0 Å². The summed E-state index contributed by atoms with van der Waals surface area (Å²) in [5, 5.41) is 11.1. The molecule has 0 aromatic carbocycles. The molecule has 98 valence electrons. The molecule has 0 bridgehead atoms. The maximum Gasteiger partial charge on any atom is 0.268 e. The predicted octanol–water partition coefficient (Wildman–Crippen LogP) is 2.70. The van der Waals surface area contributed by atoms with Gasteiger partial charge in [0.1, 0.15) is 0 Å². The van der Waals surface area contributed by atoms with Crippen molar-refractivity contribution in [1.29, 1.82) is 5.26 Å². The Kier molecular flexibility index (Phi) is 3.51. The third-order valence-electron chi connectivity index (χ3n) is 4.07. The third kappa shape index (κ3) is 2.37. The van der Waals surface area contributed by atoms with Crippen molar-refractivity contribution >= 4 is 28.4 Å². The number of aliphatic imine (C=N–C) groups is 1. The van der Waals surface area contributed by atoms with Gasteiger partial charge in [0.25, 0.3) is 6.71 Å². The van der Waals surface area contributed by atoms with E-state index in [0.29, 0.717) is 5.92 Å². The molecule has 0 aliphatic carbocycles. The molecule has 0 aromatic heterocycles. The van der Waals surface area contributed by atoms with Crippen LogP contribution in [0.5, 0.6) is 0 Å². The number of halogens is 1. The van der Waals surface area contributed by atoms with E-state index in [4.69, 9.17) is 10.3 Å². The second-order valence-electron chi connectivity index (χ2n) is 5.41. The summed E-state index contributed by atoms with van der Waals surface area (Å²) in [6.45, 7) is 3.09. The van der Waals surface area contributed by atoms with Crippen LogP contribution in [0.25, 0.3) is 0 Å². The van der Waals surface area contributed by atoms with Crippen molar-refractivity contribution in [2.45, 2.75) is 32.4 Å². The van der Waals surface area contributed by atoms with Gasteiger partial charge in [0, 0.05) is 17.4 Å². The Morgan fingerprint density at radius 1 is 1.63 bits per heavy atom. The highest BCUT2D eigenvalue weighted by atomic mass is 79.9. The Morgan fingerprint density at radius 3 is 3.26 bits per heavy atom. The standard InChI is InChI=1S/C13H16BBrN4/c1-9-5-12(10-3-2-4-14(6-10)8-16)18-13-11(15)7-17-19(9)13/h5,10,17H,2-4,6-7H2,1H3. The van der Waals surface area contributed by atoms with E-state index in [-0.39, 0.29) is 6.71 Å². The van der Waals surface area contributed by atoms with Crippen LogP contribution in [0, 0.1) is 17.1 Å². The first kappa shape index (κ1) is 13.0. The zero-order valence-corrected chi connectivity index (χ0v) is 12.6. The molecule has 4 nitrogen and oxygen atoms in total. The first-order chi connectivity index (χ1) is 9.19. The van der Waals surface area contributed by atoms with Crippen molar-refractivity contribution in [3.05, 3.63) is 22.1 Å². The number of hydrogen-bond acceptors (Lipinski definition) is 4. The molecule has 3 aliphatic heterocycles. The highest BCUT2D eigenvalue weighted by Gasteiger charge is 2.32. The van der Waals surface area contributed by atoms with Gasteiger partial charge in [0.05, 0.1) is 11.0 Å². The number of fused-ring (bicyclic) bond motifs is 1. The van der Waals surface area contributed by atoms with Gasteiger partial charge < -0.3 is 0 Å². The zero-order chi connectivity index (χ0) is 13.4. The maximum absolute atomic E-state index is 9.11. The maximum atomic E-state index is 9.11. The highest BCUT2D eigenvalue weighted by Crippen LogP contribution is 2.33. The van der Waals surface area contributed by atoms with Crippen LogP contribution >= 0.6 is 15.9 Å². The molecule has 1 N–H and O–H groups in total. The average Bonchev–Trinajstić information content (AvgIpc) is 2.81. The fourth-order valence-corrected chi connectivity index (χ4v) is 3.44. The van der Waals surface area contributed by atoms with Crippen LogP contribution in [0.1, 0.15) is 19.8 Å². The molecule has 19 heavy (non-hydrogen) atoms. The molecule has 0 aromatic rings. The van der Waals surface area contributed by atoms with Gasteiger partial charge in [-0.1, -0.05) is 35.0 Å². The Morgan fingerprint density at radius 2 is 2.47 bits per heavy atom. The zero-order valence-electron chi connectivity index (χ0n) is 11.0. The van der Waals surface area contributed by atoms with Crippen LogP contribution in [0.2, 0.25) is 12.6 Å². The van der Waals surface area contributed by atoms with Gasteiger partial charge in [-0.25, -0.2) is 15.7 Å². The number of allylic oxidation sites excluding steroid dienone is 2. The quantitative estimate of drug-likeness (QED) is 0.756. The van der Waals surface area contributed by atoms with E-state index in [1.54, 1.807) is 0 Å². The van der Waals surface area contributed by atoms with Crippen LogP contribution in [-0.2, 0) is 0 Å². The summed E-state index contributed by atoms with van der Waals surface area (Å²) < 4.78 is 1.10. The van der Waals surface area contributed by atoms with Crippen molar-refractivity contribution < 1.29 is 0 Å². The van der Waals surface area contributed by atoms with Crippen LogP contribution in [0.15, 0.2) is 27.1 Å². The Hall–Kier alpha value is -1.06. The molecule has 0 spiro atoms. The normalized spacial score (nSPS) is 26.9. The van der Waals surface area contributed by atoms with Crippen LogP contribution in [0.4, 0.5) is 0 Å². The van der Waals surface area contributed by atoms with Gasteiger partial charge in [0.15, 0.2) is 5.82 Å². The minimum absolute atomic E-state index is 0.201. The Balaban J connectivity index is 1.87. The lowest BCUT2D eigenvalue weighted by Crippen LogP contribution is -2.34. The van der Waals surface area contributed by atoms with Gasteiger partial charge in [-0.3, -0.25) is 5.01 Å². The molecule has 0 saturated carbocycles. The van der Waals surface area contributed by atoms with Crippen molar-refractivity contribution in [2.75, 3.05) is 6.54 Å². The lowest BCUT2D eigenvalue weighted by molar-refractivity contribution is 0.349. The van der Waals surface area contributed by atoms with E-state index >= 15 is 0 Å². The molecule has 1 unspecified atom stereocenters. The van der Waals surface area contributed by atoms with Crippen LogP contribution < -0.4 is 5.43 Å². The minimum Gasteiger partial charge on any atom is -0.263 e. The third-order valence-corrected chi connectivity index (χ3v) is 4.70. The topological polar surface area (TPSA) is 51.4 Å². The summed E-state index contributed by atoms with van der Waals surface area (Å²) in [6, 6.07) is 0. The summed E-state index contributed by atoms with van der Waals surface area (Å²) >= 11 is 3.57. The SMILES string of the molecule is CC1=CC(C2CCCB(C#N)C2)=NC2=C(Br)CNN12. The number of nitrogens with one attached hydrogen (secondary N) is 1. The molecule has 3 aliphatic rings. The lowest BCUT2D eigenvalue weighted by Gasteiger charge is -2.29. The van der Waals surface area contributed by atoms with E-state index in [9.17, 15) is 0 Å². The molecule has 1 saturated heterocycles. The second-order valence-corrected chi connectivity index (χ2v) is 6.37. The number of hydrazine groups is 1. The van der Waals surface area contributed by atoms with Crippen molar-refractivity contribution in [3.63, 3.8) is 0 Å². The minimum atomic E-state index is 0.201. The summed E-state index contributed by atoms with van der Waals surface area (Å²) in [5.41, 5.74) is 5.60. The molecule has 3 heterocycles. The highest BCUT2D eigenvalue weighted by molar-refractivity contribution is 9.11. The summed E-state index contributed by atoms with van der Waals surface area (Å²) in [4.78, 5) is 4.79. The van der Waals surface area contributed by atoms with E-state index in [1.807, 2.05) is 5.01 Å². The van der Waals surface area contributed by atoms with Crippen LogP contribution in [0.3, 0.4) is 0 Å². The fourth-order valence-electron chi connectivity index (χ4n) is 3.04. The van der Waals surface area contributed by atoms with Crippen molar-refractivity contribution in [3.8, 4) is 5.97 Å². The van der Waals surface area contributed by atoms with Gasteiger partial charge in [0.2, 0.25) is 0 Å². The van der Waals surface area contributed by atoms with E-state index in [0.717, 1.165) is 48.0 Å². The molecular weight excluding hydrogens is 303 g/mol. The monoisotopic (exact) mass is 318 g/mol. The van der Waals surface area contributed by atoms with Crippen molar-refractivity contribution in [2.24, 2.45) is 10.9 Å². The summed E-state index contributed by atoms with van der Waals surface area (Å²) in [7, 11) is 0. The average molecular weight is 319 g/mol. The number of nitrogens with zero attached hydrogens (tertiary/aromatic N) is 3. The largest absolute Gasteiger partial charge is 0.268 e. The van der Waals surface area contributed by atoms with E-state index < -0.39 is 0 Å².